The highest BCUT2D eigenvalue weighted by molar-refractivity contribution is 7.89. The van der Waals surface area contributed by atoms with Crippen molar-refractivity contribution in [3.63, 3.8) is 0 Å². The van der Waals surface area contributed by atoms with E-state index in [1.54, 1.807) is 5.01 Å². The molecule has 2 rings (SSSR count). The first-order valence-corrected chi connectivity index (χ1v) is 8.48. The molecule has 21 heavy (non-hydrogen) atoms. The molecular formula is C13H17ClN2O4S. The highest BCUT2D eigenvalue weighted by Gasteiger charge is 2.25. The molecule has 116 valence electrons. The molecule has 0 saturated carbocycles. The van der Waals surface area contributed by atoms with Gasteiger partial charge in [0.15, 0.2) is 0 Å². The normalized spacial score (nSPS) is 16.9. The van der Waals surface area contributed by atoms with Crippen LogP contribution in [0.2, 0.25) is 5.02 Å². The number of piperidine rings is 1. The molecule has 0 spiro atoms. The van der Waals surface area contributed by atoms with Gasteiger partial charge in [-0.3, -0.25) is 0 Å². The summed E-state index contributed by atoms with van der Waals surface area (Å²) in [6, 6.07) is 2.52. The van der Waals surface area contributed by atoms with Gasteiger partial charge in [0, 0.05) is 18.1 Å². The largest absolute Gasteiger partial charge is 0.478 e. The van der Waals surface area contributed by atoms with Crippen LogP contribution in [-0.4, -0.2) is 37.6 Å². The summed E-state index contributed by atoms with van der Waals surface area (Å²) in [4.78, 5) is 13.6. The van der Waals surface area contributed by atoms with Crippen LogP contribution in [0.3, 0.4) is 0 Å². The second kappa shape index (κ2) is 6.31. The number of carbonyl (C=O) groups is 1. The second-order valence-electron chi connectivity index (χ2n) is 5.02. The molecule has 1 heterocycles. The molecule has 0 aromatic heterocycles. The summed E-state index contributed by atoms with van der Waals surface area (Å²) >= 11 is 5.85. The first-order valence-electron chi connectivity index (χ1n) is 6.62. The van der Waals surface area contributed by atoms with E-state index in [-0.39, 0.29) is 21.0 Å². The number of nitrogens with zero attached hydrogens (tertiary/aromatic N) is 1. The topological polar surface area (TPSA) is 86.7 Å². The Morgan fingerprint density at radius 2 is 1.90 bits per heavy atom. The van der Waals surface area contributed by atoms with Gasteiger partial charge in [-0.2, -0.15) is 0 Å². The van der Waals surface area contributed by atoms with Crippen LogP contribution >= 0.6 is 11.6 Å². The molecule has 0 amide bonds. The third-order valence-corrected chi connectivity index (χ3v) is 5.17. The van der Waals surface area contributed by atoms with Gasteiger partial charge >= 0.3 is 5.97 Å². The molecule has 2 N–H and O–H groups in total. The summed E-state index contributed by atoms with van der Waals surface area (Å²) in [6.07, 6.45) is 2.94. The van der Waals surface area contributed by atoms with E-state index < -0.39 is 16.0 Å². The Kier molecular flexibility index (Phi) is 4.88. The molecule has 0 aliphatic carbocycles. The monoisotopic (exact) mass is 332 g/mol. The van der Waals surface area contributed by atoms with E-state index in [0.717, 1.165) is 19.3 Å². The Morgan fingerprint density at radius 3 is 2.48 bits per heavy atom. The minimum absolute atomic E-state index is 0.0806. The number of aromatic carboxylic acids is 1. The van der Waals surface area contributed by atoms with Gasteiger partial charge in [-0.15, -0.1) is 4.83 Å². The minimum atomic E-state index is -3.84. The van der Waals surface area contributed by atoms with Gasteiger partial charge in [-0.05, 0) is 37.5 Å². The number of hydrogen-bond acceptors (Lipinski definition) is 4. The highest BCUT2D eigenvalue weighted by Crippen LogP contribution is 2.25. The van der Waals surface area contributed by atoms with E-state index in [1.165, 1.54) is 19.1 Å². The number of carboxylic acid groups (broad SMARTS) is 1. The third-order valence-electron chi connectivity index (χ3n) is 3.45. The SMILES string of the molecule is Cc1c(C(=O)O)cc(Cl)cc1S(=O)(=O)NN1CCCCC1. The van der Waals surface area contributed by atoms with E-state index in [0.29, 0.717) is 13.1 Å². The number of carboxylic acids is 1. The molecule has 6 nitrogen and oxygen atoms in total. The molecule has 8 heteroatoms. The maximum atomic E-state index is 12.4. The van der Waals surface area contributed by atoms with Gasteiger partial charge in [-0.1, -0.05) is 18.0 Å². The lowest BCUT2D eigenvalue weighted by Gasteiger charge is -2.27. The van der Waals surface area contributed by atoms with E-state index in [1.807, 2.05) is 0 Å². The average Bonchev–Trinajstić information content (AvgIpc) is 2.41. The molecule has 1 fully saturated rings. The summed E-state index contributed by atoms with van der Waals surface area (Å²) in [7, 11) is -3.84. The number of halogens is 1. The zero-order valence-corrected chi connectivity index (χ0v) is 13.2. The maximum Gasteiger partial charge on any atom is 0.336 e. The van der Waals surface area contributed by atoms with Crippen molar-refractivity contribution in [2.75, 3.05) is 13.1 Å². The van der Waals surface area contributed by atoms with Gasteiger partial charge in [-0.25, -0.2) is 18.2 Å². The number of rotatable bonds is 4. The zero-order chi connectivity index (χ0) is 15.6. The summed E-state index contributed by atoms with van der Waals surface area (Å²) in [6.45, 7) is 2.75. The van der Waals surface area contributed by atoms with Crippen molar-refractivity contribution in [1.82, 2.24) is 9.84 Å². The van der Waals surface area contributed by atoms with Gasteiger partial charge in [0.05, 0.1) is 10.5 Å². The lowest BCUT2D eigenvalue weighted by atomic mass is 10.1. The molecule has 0 radical (unpaired) electrons. The predicted octanol–water partition coefficient (Wildman–Crippen LogP) is 2.03. The van der Waals surface area contributed by atoms with Gasteiger partial charge in [0.2, 0.25) is 0 Å². The fourth-order valence-corrected chi connectivity index (χ4v) is 4.06. The van der Waals surface area contributed by atoms with Crippen LogP contribution in [0, 0.1) is 6.92 Å². The smallest absolute Gasteiger partial charge is 0.336 e. The van der Waals surface area contributed by atoms with Crippen molar-refractivity contribution >= 4 is 27.6 Å². The Balaban J connectivity index is 2.37. The number of hydrogen-bond donors (Lipinski definition) is 2. The van der Waals surface area contributed by atoms with E-state index in [2.05, 4.69) is 4.83 Å². The van der Waals surface area contributed by atoms with Gasteiger partial charge in [0.25, 0.3) is 10.0 Å². The van der Waals surface area contributed by atoms with Crippen molar-refractivity contribution in [3.05, 3.63) is 28.3 Å². The first-order chi connectivity index (χ1) is 9.81. The van der Waals surface area contributed by atoms with Crippen molar-refractivity contribution < 1.29 is 18.3 Å². The molecule has 0 bridgehead atoms. The molecular weight excluding hydrogens is 316 g/mol. The lowest BCUT2D eigenvalue weighted by Crippen LogP contribution is -2.45. The van der Waals surface area contributed by atoms with Crippen LogP contribution in [0.5, 0.6) is 0 Å². The van der Waals surface area contributed by atoms with Crippen molar-refractivity contribution in [2.45, 2.75) is 31.1 Å². The molecule has 0 atom stereocenters. The average molecular weight is 333 g/mol. The van der Waals surface area contributed by atoms with Crippen molar-refractivity contribution in [3.8, 4) is 0 Å². The molecule has 0 unspecified atom stereocenters. The van der Waals surface area contributed by atoms with E-state index in [9.17, 15) is 13.2 Å². The Morgan fingerprint density at radius 1 is 1.29 bits per heavy atom. The number of sulfonamides is 1. The van der Waals surface area contributed by atoms with Gasteiger partial charge in [0.1, 0.15) is 0 Å². The molecule has 1 aliphatic heterocycles. The molecule has 1 aliphatic rings. The quantitative estimate of drug-likeness (QED) is 0.881. The van der Waals surface area contributed by atoms with Crippen LogP contribution in [0.1, 0.15) is 35.2 Å². The fraction of sp³-hybridized carbons (Fsp3) is 0.462. The maximum absolute atomic E-state index is 12.4. The zero-order valence-electron chi connectivity index (χ0n) is 11.6. The summed E-state index contributed by atoms with van der Waals surface area (Å²) in [5, 5.41) is 10.8. The molecule has 1 saturated heterocycles. The van der Waals surface area contributed by atoms with Crippen molar-refractivity contribution in [2.24, 2.45) is 0 Å². The van der Waals surface area contributed by atoms with Crippen LogP contribution in [0.15, 0.2) is 17.0 Å². The van der Waals surface area contributed by atoms with Crippen LogP contribution < -0.4 is 4.83 Å². The number of hydrazine groups is 1. The summed E-state index contributed by atoms with van der Waals surface area (Å²) in [5.74, 6) is -1.20. The molecule has 1 aromatic carbocycles. The van der Waals surface area contributed by atoms with Gasteiger partial charge < -0.3 is 5.11 Å². The lowest BCUT2D eigenvalue weighted by molar-refractivity contribution is 0.0696. The number of nitrogens with one attached hydrogen (secondary N) is 1. The number of benzene rings is 1. The minimum Gasteiger partial charge on any atom is -0.478 e. The first kappa shape index (κ1) is 16.2. The van der Waals surface area contributed by atoms with Crippen LogP contribution in [0.25, 0.3) is 0 Å². The Hall–Kier alpha value is -1.15. The fourth-order valence-electron chi connectivity index (χ4n) is 2.36. The highest BCUT2D eigenvalue weighted by atomic mass is 35.5. The van der Waals surface area contributed by atoms with E-state index >= 15 is 0 Å². The third kappa shape index (κ3) is 3.74. The Labute approximate surface area is 128 Å². The predicted molar refractivity (Wildman–Crippen MR) is 78.9 cm³/mol. The Bertz CT molecular complexity index is 654. The van der Waals surface area contributed by atoms with Crippen LogP contribution in [0.4, 0.5) is 0 Å². The summed E-state index contributed by atoms with van der Waals surface area (Å²) in [5.41, 5.74) is 0.0675. The van der Waals surface area contributed by atoms with Crippen molar-refractivity contribution in [1.29, 1.82) is 0 Å². The summed E-state index contributed by atoms with van der Waals surface area (Å²) < 4.78 is 24.9. The second-order valence-corrected chi connectivity index (χ2v) is 7.09. The standard InChI is InChI=1S/C13H17ClN2O4S/c1-9-11(13(17)18)7-10(14)8-12(9)21(19,20)15-16-5-3-2-4-6-16/h7-8,15H,2-6H2,1H3,(H,17,18). The van der Waals surface area contributed by atoms with E-state index in [4.69, 9.17) is 16.7 Å². The van der Waals surface area contributed by atoms with Crippen LogP contribution in [-0.2, 0) is 10.0 Å². The molecule has 1 aromatic rings.